The number of aromatic nitrogens is 1. The van der Waals surface area contributed by atoms with Crippen molar-refractivity contribution in [2.24, 2.45) is 11.3 Å². The van der Waals surface area contributed by atoms with Crippen LogP contribution in [-0.2, 0) is 12.1 Å². The monoisotopic (exact) mass is 480 g/mol. The normalized spacial score (nSPS) is 17.2. The molecule has 3 aromatic rings. The molecule has 3 nitrogen and oxygen atoms in total. The second-order valence-electron chi connectivity index (χ2n) is 12.0. The number of hydrogen-bond acceptors (Lipinski definition) is 4. The van der Waals surface area contributed by atoms with Gasteiger partial charge in [-0.05, 0) is 74.5 Å². The summed E-state index contributed by atoms with van der Waals surface area (Å²) in [4.78, 5) is 0. The van der Waals surface area contributed by atoms with E-state index in [4.69, 9.17) is 0 Å². The SMILES string of the molecule is CC(C)(C)NCc1cccc2csnc12.Cc1ccc(C(O)(C2CCCCC2)C(C)(C)C)cc1. The summed E-state index contributed by atoms with van der Waals surface area (Å²) in [5, 5.41) is 18.4. The van der Waals surface area contributed by atoms with Gasteiger partial charge in [0.25, 0.3) is 0 Å². The molecule has 0 aliphatic heterocycles. The Labute approximate surface area is 211 Å². The molecule has 1 aliphatic rings. The Balaban J connectivity index is 0.000000196. The van der Waals surface area contributed by atoms with Gasteiger partial charge in [-0.15, -0.1) is 0 Å². The summed E-state index contributed by atoms with van der Waals surface area (Å²) in [6.45, 7) is 16.0. The third-order valence-corrected chi connectivity index (χ3v) is 7.76. The molecule has 0 radical (unpaired) electrons. The zero-order chi connectivity index (χ0) is 25.0. The molecule has 1 unspecified atom stereocenters. The van der Waals surface area contributed by atoms with E-state index >= 15 is 0 Å². The lowest BCUT2D eigenvalue weighted by molar-refractivity contribution is -0.122. The number of aliphatic hydroxyl groups is 1. The van der Waals surface area contributed by atoms with Crippen LogP contribution in [-0.4, -0.2) is 15.0 Å². The van der Waals surface area contributed by atoms with Crippen molar-refractivity contribution in [1.29, 1.82) is 0 Å². The van der Waals surface area contributed by atoms with E-state index in [1.54, 1.807) is 0 Å². The van der Waals surface area contributed by atoms with Gasteiger partial charge in [0, 0.05) is 22.8 Å². The topological polar surface area (TPSA) is 45.2 Å². The van der Waals surface area contributed by atoms with Gasteiger partial charge in [-0.25, -0.2) is 0 Å². The van der Waals surface area contributed by atoms with Crippen LogP contribution in [0.5, 0.6) is 0 Å². The highest BCUT2D eigenvalue weighted by Gasteiger charge is 2.47. The first-order valence-corrected chi connectivity index (χ1v) is 13.6. The molecule has 2 N–H and O–H groups in total. The second kappa shape index (κ2) is 10.9. The summed E-state index contributed by atoms with van der Waals surface area (Å²) in [6, 6.07) is 14.8. The van der Waals surface area contributed by atoms with Crippen molar-refractivity contribution in [3.05, 3.63) is 64.5 Å². The van der Waals surface area contributed by atoms with Gasteiger partial charge in [0.2, 0.25) is 0 Å². The first-order chi connectivity index (χ1) is 15.9. The van der Waals surface area contributed by atoms with E-state index in [0.717, 1.165) is 30.5 Å². The number of fused-ring (bicyclic) bond motifs is 1. The van der Waals surface area contributed by atoms with E-state index in [0.29, 0.717) is 5.92 Å². The summed E-state index contributed by atoms with van der Waals surface area (Å²) in [5.41, 5.74) is 4.08. The van der Waals surface area contributed by atoms with Crippen molar-refractivity contribution < 1.29 is 5.11 Å². The Kier molecular flexibility index (Phi) is 8.60. The van der Waals surface area contributed by atoms with Crippen LogP contribution in [0.2, 0.25) is 0 Å². The third kappa shape index (κ3) is 6.47. The van der Waals surface area contributed by atoms with Crippen molar-refractivity contribution in [3.63, 3.8) is 0 Å². The third-order valence-electron chi connectivity index (χ3n) is 7.11. The largest absolute Gasteiger partial charge is 0.384 e. The van der Waals surface area contributed by atoms with Crippen molar-refractivity contribution in [2.45, 2.75) is 98.3 Å². The van der Waals surface area contributed by atoms with Crippen LogP contribution in [0.25, 0.3) is 10.9 Å². The molecule has 0 bridgehead atoms. The van der Waals surface area contributed by atoms with Gasteiger partial charge in [0.15, 0.2) is 0 Å². The van der Waals surface area contributed by atoms with Crippen molar-refractivity contribution >= 4 is 22.4 Å². The molecule has 1 heterocycles. The Morgan fingerprint density at radius 3 is 2.18 bits per heavy atom. The van der Waals surface area contributed by atoms with E-state index in [1.165, 1.54) is 47.3 Å². The molecular formula is C30H44N2OS. The van der Waals surface area contributed by atoms with Crippen LogP contribution in [0.4, 0.5) is 0 Å². The molecule has 1 aliphatic carbocycles. The van der Waals surface area contributed by atoms with Crippen molar-refractivity contribution in [3.8, 4) is 0 Å². The average molecular weight is 481 g/mol. The minimum Gasteiger partial charge on any atom is -0.384 e. The van der Waals surface area contributed by atoms with E-state index < -0.39 is 5.60 Å². The Morgan fingerprint density at radius 2 is 1.59 bits per heavy atom. The summed E-state index contributed by atoms with van der Waals surface area (Å²) >= 11 is 1.52. The lowest BCUT2D eigenvalue weighted by Crippen LogP contribution is -2.47. The fourth-order valence-corrected chi connectivity index (χ4v) is 5.75. The Hall–Kier alpha value is -1.75. The van der Waals surface area contributed by atoms with Crippen LogP contribution in [0.3, 0.4) is 0 Å². The molecule has 0 saturated heterocycles. The average Bonchev–Trinajstić information content (AvgIpc) is 3.27. The summed E-state index contributed by atoms with van der Waals surface area (Å²) in [5.74, 6) is 0.393. The number of nitrogens with one attached hydrogen (secondary N) is 1. The number of rotatable bonds is 4. The van der Waals surface area contributed by atoms with Crippen molar-refractivity contribution in [2.75, 3.05) is 0 Å². The van der Waals surface area contributed by atoms with Gasteiger partial charge < -0.3 is 10.4 Å². The zero-order valence-electron chi connectivity index (χ0n) is 22.2. The molecule has 2 aromatic carbocycles. The molecule has 186 valence electrons. The summed E-state index contributed by atoms with van der Waals surface area (Å²) in [7, 11) is 0. The van der Waals surface area contributed by atoms with E-state index in [2.05, 4.69) is 106 Å². The molecule has 34 heavy (non-hydrogen) atoms. The molecule has 4 rings (SSSR count). The van der Waals surface area contributed by atoms with E-state index in [-0.39, 0.29) is 11.0 Å². The molecule has 1 saturated carbocycles. The zero-order valence-corrected chi connectivity index (χ0v) is 23.1. The van der Waals surface area contributed by atoms with Crippen LogP contribution in [0, 0.1) is 18.3 Å². The number of hydrogen-bond donors (Lipinski definition) is 2. The van der Waals surface area contributed by atoms with Gasteiger partial charge >= 0.3 is 0 Å². The van der Waals surface area contributed by atoms with Crippen LogP contribution >= 0.6 is 11.5 Å². The highest BCUT2D eigenvalue weighted by molar-refractivity contribution is 7.04. The molecule has 1 aromatic heterocycles. The highest BCUT2D eigenvalue weighted by atomic mass is 32.1. The van der Waals surface area contributed by atoms with Crippen LogP contribution in [0.1, 0.15) is 90.3 Å². The maximum atomic E-state index is 11.5. The van der Waals surface area contributed by atoms with Gasteiger partial charge in [0.1, 0.15) is 0 Å². The van der Waals surface area contributed by atoms with E-state index in [9.17, 15) is 5.11 Å². The minimum absolute atomic E-state index is 0.135. The number of aryl methyl sites for hydroxylation is 1. The molecular weight excluding hydrogens is 436 g/mol. The standard InChI is InChI=1S/C18H28O.C12H16N2S/c1-14-10-12-16(13-11-14)18(19,17(2,3)4)15-8-6-5-7-9-15;1-12(2,3)13-7-9-5-4-6-10-8-15-14-11(9)10/h10-13,15,19H,5-9H2,1-4H3;4-6,8,13H,7H2,1-3H3. The van der Waals surface area contributed by atoms with Gasteiger partial charge in [-0.2, -0.15) is 4.37 Å². The predicted molar refractivity (Wildman–Crippen MR) is 147 cm³/mol. The van der Waals surface area contributed by atoms with E-state index in [1.807, 2.05) is 0 Å². The smallest absolute Gasteiger partial charge is 0.0972 e. The molecule has 1 fully saturated rings. The fraction of sp³-hybridized carbons (Fsp3) is 0.567. The lowest BCUT2D eigenvalue weighted by atomic mass is 9.61. The van der Waals surface area contributed by atoms with Gasteiger partial charge in [0.05, 0.1) is 11.1 Å². The first kappa shape index (κ1) is 26.8. The molecule has 0 spiro atoms. The van der Waals surface area contributed by atoms with Gasteiger partial charge in [-0.1, -0.05) is 88.1 Å². The van der Waals surface area contributed by atoms with Gasteiger partial charge in [-0.3, -0.25) is 0 Å². The first-order valence-electron chi connectivity index (χ1n) is 12.8. The molecule has 1 atom stereocenters. The number of nitrogens with zero attached hydrogens (tertiary/aromatic N) is 1. The van der Waals surface area contributed by atoms with Crippen LogP contribution in [0.15, 0.2) is 47.8 Å². The quantitative estimate of drug-likeness (QED) is 0.398. The summed E-state index contributed by atoms with van der Waals surface area (Å²) < 4.78 is 4.42. The summed E-state index contributed by atoms with van der Waals surface area (Å²) in [6.07, 6.45) is 6.15. The predicted octanol–water partition coefficient (Wildman–Crippen LogP) is 7.99. The maximum absolute atomic E-state index is 11.5. The molecule has 4 heteroatoms. The fourth-order valence-electron chi connectivity index (χ4n) is 5.07. The number of benzene rings is 2. The van der Waals surface area contributed by atoms with Crippen molar-refractivity contribution in [1.82, 2.24) is 9.69 Å². The Morgan fingerprint density at radius 1 is 0.941 bits per heavy atom. The Bertz CT molecular complexity index is 1040. The molecule has 0 amide bonds. The van der Waals surface area contributed by atoms with Crippen LogP contribution < -0.4 is 5.32 Å². The second-order valence-corrected chi connectivity index (χ2v) is 12.6. The minimum atomic E-state index is -0.707. The maximum Gasteiger partial charge on any atom is 0.0972 e. The lowest BCUT2D eigenvalue weighted by Gasteiger charge is -2.48. The highest BCUT2D eigenvalue weighted by Crippen LogP contribution is 2.49.